The van der Waals surface area contributed by atoms with Crippen LogP contribution in [0.25, 0.3) is 0 Å². The maximum absolute atomic E-state index is 11.2. The van der Waals surface area contributed by atoms with Crippen LogP contribution < -0.4 is 0 Å². The van der Waals surface area contributed by atoms with Crippen LogP contribution in [-0.2, 0) is 17.9 Å². The van der Waals surface area contributed by atoms with E-state index in [9.17, 15) is 9.90 Å². The van der Waals surface area contributed by atoms with E-state index in [1.165, 1.54) is 11.1 Å². The molecule has 1 N–H and O–H groups in total. The maximum atomic E-state index is 11.2. The van der Waals surface area contributed by atoms with Crippen LogP contribution in [0, 0.1) is 6.92 Å². The van der Waals surface area contributed by atoms with Crippen LogP contribution in [0.4, 0.5) is 0 Å². The molecule has 0 spiro atoms. The van der Waals surface area contributed by atoms with Gasteiger partial charge in [-0.1, -0.05) is 29.8 Å². The van der Waals surface area contributed by atoms with Crippen molar-refractivity contribution in [2.75, 3.05) is 6.54 Å². The molecule has 0 fully saturated rings. The van der Waals surface area contributed by atoms with Crippen molar-refractivity contribution in [3.63, 3.8) is 0 Å². The maximum Gasteiger partial charge on any atom is 0.305 e. The summed E-state index contributed by atoms with van der Waals surface area (Å²) in [5.41, 5.74) is 3.58. The lowest BCUT2D eigenvalue weighted by atomic mass is 10.0. The predicted octanol–water partition coefficient (Wildman–Crippen LogP) is 2.83. The zero-order chi connectivity index (χ0) is 14.8. The van der Waals surface area contributed by atoms with Crippen LogP contribution in [0.5, 0.6) is 0 Å². The molecule has 0 saturated heterocycles. The number of nitrogens with zero attached hydrogens (tertiary/aromatic N) is 2. The Balaban J connectivity index is 1.83. The second-order valence-corrected chi connectivity index (χ2v) is 5.70. The van der Waals surface area contributed by atoms with Crippen molar-refractivity contribution in [2.45, 2.75) is 32.5 Å². The summed E-state index contributed by atoms with van der Waals surface area (Å²) in [7, 11) is 0. The van der Waals surface area contributed by atoms with E-state index in [1.54, 1.807) is 0 Å². The van der Waals surface area contributed by atoms with Crippen LogP contribution in [0.2, 0.25) is 0 Å². The number of benzene rings is 1. The molecule has 1 unspecified atom stereocenters. The number of rotatable bonds is 4. The van der Waals surface area contributed by atoms with Crippen LogP contribution in [0.15, 0.2) is 42.6 Å². The molecule has 21 heavy (non-hydrogen) atoms. The molecule has 1 aliphatic rings. The average molecular weight is 284 g/mol. The van der Waals surface area contributed by atoms with Crippen molar-refractivity contribution in [1.29, 1.82) is 0 Å². The summed E-state index contributed by atoms with van der Waals surface area (Å²) >= 11 is 0. The Morgan fingerprint density at radius 3 is 2.71 bits per heavy atom. The van der Waals surface area contributed by atoms with Gasteiger partial charge in [0.15, 0.2) is 0 Å². The first-order valence-corrected chi connectivity index (χ1v) is 7.30. The fourth-order valence-electron chi connectivity index (χ4n) is 3.03. The molecule has 110 valence electrons. The van der Waals surface area contributed by atoms with E-state index in [4.69, 9.17) is 0 Å². The second kappa shape index (κ2) is 5.74. The van der Waals surface area contributed by atoms with Crippen molar-refractivity contribution < 1.29 is 9.90 Å². The van der Waals surface area contributed by atoms with Crippen molar-refractivity contribution in [3.05, 3.63) is 59.4 Å². The number of aryl methyl sites for hydroxylation is 1. The topological polar surface area (TPSA) is 45.5 Å². The van der Waals surface area contributed by atoms with Crippen molar-refractivity contribution >= 4 is 5.97 Å². The molecule has 0 saturated carbocycles. The Labute approximate surface area is 124 Å². The molecule has 4 heteroatoms. The molecular weight excluding hydrogens is 264 g/mol. The van der Waals surface area contributed by atoms with Gasteiger partial charge in [0.2, 0.25) is 0 Å². The molecule has 1 aromatic heterocycles. The van der Waals surface area contributed by atoms with E-state index in [-0.39, 0.29) is 12.5 Å². The summed E-state index contributed by atoms with van der Waals surface area (Å²) < 4.78 is 2.17. The summed E-state index contributed by atoms with van der Waals surface area (Å²) in [6.07, 6.45) is 2.18. The lowest BCUT2D eigenvalue weighted by Gasteiger charge is -2.36. The molecule has 2 aromatic rings. The highest BCUT2D eigenvalue weighted by Crippen LogP contribution is 2.30. The molecule has 1 aliphatic heterocycles. The van der Waals surface area contributed by atoms with Crippen molar-refractivity contribution in [2.24, 2.45) is 0 Å². The predicted molar refractivity (Wildman–Crippen MR) is 81.0 cm³/mol. The average Bonchev–Trinajstić information content (AvgIpc) is 2.92. The smallest absolute Gasteiger partial charge is 0.305 e. The number of aliphatic carboxylic acids is 1. The van der Waals surface area contributed by atoms with Gasteiger partial charge < -0.3 is 9.67 Å². The minimum absolute atomic E-state index is 0.0486. The summed E-state index contributed by atoms with van der Waals surface area (Å²) in [4.78, 5) is 13.5. The van der Waals surface area contributed by atoms with Crippen molar-refractivity contribution in [1.82, 2.24) is 9.47 Å². The number of hydrogen-bond acceptors (Lipinski definition) is 2. The normalized spacial score (nSPS) is 18.4. The van der Waals surface area contributed by atoms with Gasteiger partial charge in [0.25, 0.3) is 0 Å². The van der Waals surface area contributed by atoms with E-state index < -0.39 is 5.97 Å². The van der Waals surface area contributed by atoms with Gasteiger partial charge >= 0.3 is 5.97 Å². The highest BCUT2D eigenvalue weighted by atomic mass is 16.4. The van der Waals surface area contributed by atoms with Crippen LogP contribution in [-0.4, -0.2) is 27.1 Å². The standard InChI is InChI=1S/C17H20N2O2/c1-13-4-6-14(7-5-13)12-19-10-9-18-8-2-3-15(18)16(19)11-17(20)21/h2-8,16H,9-12H2,1H3,(H,20,21). The molecule has 1 atom stereocenters. The number of hydrogen-bond donors (Lipinski definition) is 1. The Bertz CT molecular complexity index is 630. The molecule has 0 aliphatic carbocycles. The van der Waals surface area contributed by atoms with Gasteiger partial charge in [0, 0.05) is 31.5 Å². The van der Waals surface area contributed by atoms with E-state index >= 15 is 0 Å². The lowest BCUT2D eigenvalue weighted by molar-refractivity contribution is -0.138. The van der Waals surface area contributed by atoms with Gasteiger partial charge in [-0.2, -0.15) is 0 Å². The van der Waals surface area contributed by atoms with Crippen LogP contribution in [0.3, 0.4) is 0 Å². The Morgan fingerprint density at radius 1 is 1.24 bits per heavy atom. The number of carboxylic acids is 1. The molecule has 0 bridgehead atoms. The van der Waals surface area contributed by atoms with E-state index in [1.807, 2.05) is 18.3 Å². The fourth-order valence-corrected chi connectivity index (χ4v) is 3.03. The third-order valence-corrected chi connectivity index (χ3v) is 4.15. The SMILES string of the molecule is Cc1ccc(CN2CCn3cccc3C2CC(=O)O)cc1. The minimum atomic E-state index is -0.747. The summed E-state index contributed by atoms with van der Waals surface area (Å²) in [6.45, 7) is 4.67. The third kappa shape index (κ3) is 3.00. The van der Waals surface area contributed by atoms with Gasteiger partial charge in [-0.25, -0.2) is 0 Å². The Kier molecular flexibility index (Phi) is 3.80. The Hall–Kier alpha value is -2.07. The molecular formula is C17H20N2O2. The fraction of sp³-hybridized carbons (Fsp3) is 0.353. The minimum Gasteiger partial charge on any atom is -0.481 e. The molecule has 0 amide bonds. The lowest BCUT2D eigenvalue weighted by Crippen LogP contribution is -2.38. The van der Waals surface area contributed by atoms with E-state index in [0.717, 1.165) is 25.3 Å². The quantitative estimate of drug-likeness (QED) is 0.939. The molecule has 2 heterocycles. The first kappa shape index (κ1) is 13.9. The van der Waals surface area contributed by atoms with Gasteiger partial charge in [-0.3, -0.25) is 9.69 Å². The second-order valence-electron chi connectivity index (χ2n) is 5.70. The number of fused-ring (bicyclic) bond motifs is 1. The molecule has 3 rings (SSSR count). The molecule has 1 aromatic carbocycles. The number of carboxylic acid groups (broad SMARTS) is 1. The largest absolute Gasteiger partial charge is 0.481 e. The first-order chi connectivity index (χ1) is 10.1. The number of aromatic nitrogens is 1. The molecule has 4 nitrogen and oxygen atoms in total. The third-order valence-electron chi connectivity index (χ3n) is 4.15. The van der Waals surface area contributed by atoms with Gasteiger partial charge in [0.05, 0.1) is 12.5 Å². The zero-order valence-corrected chi connectivity index (χ0v) is 12.2. The monoisotopic (exact) mass is 284 g/mol. The van der Waals surface area contributed by atoms with Crippen LogP contribution >= 0.6 is 0 Å². The van der Waals surface area contributed by atoms with Gasteiger partial charge in [-0.05, 0) is 24.6 Å². The van der Waals surface area contributed by atoms with E-state index in [0.29, 0.717) is 0 Å². The van der Waals surface area contributed by atoms with Crippen LogP contribution in [0.1, 0.15) is 29.3 Å². The molecule has 0 radical (unpaired) electrons. The Morgan fingerprint density at radius 2 is 2.00 bits per heavy atom. The summed E-state index contributed by atoms with van der Waals surface area (Å²) in [6, 6.07) is 12.4. The highest BCUT2D eigenvalue weighted by molar-refractivity contribution is 5.67. The number of carbonyl (C=O) groups is 1. The highest BCUT2D eigenvalue weighted by Gasteiger charge is 2.29. The van der Waals surface area contributed by atoms with Crippen molar-refractivity contribution in [3.8, 4) is 0 Å². The van der Waals surface area contributed by atoms with Gasteiger partial charge in [-0.15, -0.1) is 0 Å². The zero-order valence-electron chi connectivity index (χ0n) is 12.2. The van der Waals surface area contributed by atoms with E-state index in [2.05, 4.69) is 40.7 Å². The first-order valence-electron chi connectivity index (χ1n) is 7.30. The summed E-state index contributed by atoms with van der Waals surface area (Å²) in [5, 5.41) is 9.21. The summed E-state index contributed by atoms with van der Waals surface area (Å²) in [5.74, 6) is -0.747. The van der Waals surface area contributed by atoms with Gasteiger partial charge in [0.1, 0.15) is 0 Å².